The highest BCUT2D eigenvalue weighted by Gasteiger charge is 2.20. The number of carbonyl (C=O) groups excluding carboxylic acids is 2. The summed E-state index contributed by atoms with van der Waals surface area (Å²) in [6.07, 6.45) is 25.4. The molecule has 2 aliphatic rings. The Bertz CT molecular complexity index is 1120. The van der Waals surface area contributed by atoms with Gasteiger partial charge in [0.15, 0.2) is 0 Å². The number of aromatic nitrogens is 4. The predicted molar refractivity (Wildman–Crippen MR) is 182 cm³/mol. The van der Waals surface area contributed by atoms with Crippen molar-refractivity contribution in [1.29, 1.82) is 0 Å². The van der Waals surface area contributed by atoms with Gasteiger partial charge >= 0.3 is 0 Å². The Morgan fingerprint density at radius 1 is 0.630 bits per heavy atom. The number of hydrogen-bond acceptors (Lipinski definition) is 10. The summed E-state index contributed by atoms with van der Waals surface area (Å²) in [5.41, 5.74) is 7.72. The monoisotopic (exact) mass is 676 g/mol. The number of carbonyl (C=O) groups is 2. The zero-order chi connectivity index (χ0) is 33.6. The molecule has 0 amide bonds. The van der Waals surface area contributed by atoms with Crippen LogP contribution in [0.1, 0.15) is 127 Å². The van der Waals surface area contributed by atoms with E-state index in [4.69, 9.17) is 19.8 Å². The minimum Gasteiger partial charge on any atom is -0.543 e. The Kier molecular flexibility index (Phi) is 20.4. The van der Waals surface area contributed by atoms with Crippen molar-refractivity contribution in [2.24, 2.45) is 0 Å². The number of nitrogens with one attached hydrogen (secondary N) is 2. The summed E-state index contributed by atoms with van der Waals surface area (Å²) in [6, 6.07) is 0. The molecule has 12 heteroatoms. The van der Waals surface area contributed by atoms with E-state index >= 15 is 0 Å². The van der Waals surface area contributed by atoms with E-state index in [1.807, 2.05) is 0 Å². The number of carboxylic acid groups (broad SMARTS) is 2. The van der Waals surface area contributed by atoms with Crippen LogP contribution < -0.4 is 20.0 Å². The molecule has 0 aliphatic carbocycles. The number of quaternary nitrogens is 2. The average Bonchev–Trinajstić information content (AvgIpc) is 3.71. The third kappa shape index (κ3) is 15.8. The SMILES string of the molecule is CCCCCCCCc1nsnc1C1=CCC[NH+](C)C1.CCCCCCCCc1nsnc1C1=CCC[NH+](C)C1.O=C([O-])C(=O)[O-]. The third-order valence-electron chi connectivity index (χ3n) is 8.33. The molecular formula is C34H56N6O4S2. The summed E-state index contributed by atoms with van der Waals surface area (Å²) in [4.78, 5) is 21.0. The van der Waals surface area contributed by atoms with E-state index in [1.54, 1.807) is 9.80 Å². The maximum Gasteiger partial charge on any atom is 0.109 e. The smallest absolute Gasteiger partial charge is 0.109 e. The fourth-order valence-electron chi connectivity index (χ4n) is 5.69. The van der Waals surface area contributed by atoms with Gasteiger partial charge in [0.1, 0.15) is 24.5 Å². The Labute approximate surface area is 284 Å². The van der Waals surface area contributed by atoms with Crippen molar-refractivity contribution in [2.45, 2.75) is 117 Å². The van der Waals surface area contributed by atoms with E-state index in [0.29, 0.717) is 0 Å². The number of unbranched alkanes of at least 4 members (excludes halogenated alkanes) is 10. The molecule has 2 atom stereocenters. The molecule has 258 valence electrons. The van der Waals surface area contributed by atoms with Crippen LogP contribution in [0.5, 0.6) is 0 Å². The van der Waals surface area contributed by atoms with E-state index in [9.17, 15) is 0 Å². The van der Waals surface area contributed by atoms with Crippen LogP contribution in [0.25, 0.3) is 11.1 Å². The van der Waals surface area contributed by atoms with Crippen LogP contribution in [-0.2, 0) is 22.4 Å². The Morgan fingerprint density at radius 2 is 1.00 bits per heavy atom. The molecule has 4 rings (SSSR count). The van der Waals surface area contributed by atoms with Crippen LogP contribution in [0.15, 0.2) is 12.2 Å². The predicted octanol–water partition coefficient (Wildman–Crippen LogP) is 1.97. The van der Waals surface area contributed by atoms with Crippen LogP contribution in [0.3, 0.4) is 0 Å². The van der Waals surface area contributed by atoms with Crippen molar-refractivity contribution in [3.63, 3.8) is 0 Å². The molecule has 2 aliphatic heterocycles. The number of carboxylic acids is 2. The van der Waals surface area contributed by atoms with E-state index in [0.717, 1.165) is 25.9 Å². The summed E-state index contributed by atoms with van der Waals surface area (Å²) < 4.78 is 18.2. The van der Waals surface area contributed by atoms with E-state index in [2.05, 4.69) is 57.6 Å². The second kappa shape index (κ2) is 23.7. The van der Waals surface area contributed by atoms with E-state index < -0.39 is 11.9 Å². The molecule has 2 aromatic rings. The van der Waals surface area contributed by atoms with Crippen molar-refractivity contribution in [2.75, 3.05) is 40.3 Å². The lowest BCUT2D eigenvalue weighted by atomic mass is 10.0. The molecule has 0 saturated carbocycles. The molecule has 2 aromatic heterocycles. The number of likely N-dealkylation sites (N-methyl/N-ethyl adjacent to an activating group) is 2. The highest BCUT2D eigenvalue weighted by Crippen LogP contribution is 2.21. The van der Waals surface area contributed by atoms with Crippen molar-refractivity contribution < 1.29 is 29.6 Å². The highest BCUT2D eigenvalue weighted by molar-refractivity contribution is 6.99. The average molecular weight is 677 g/mol. The van der Waals surface area contributed by atoms with Gasteiger partial charge in [-0.15, -0.1) is 0 Å². The number of rotatable bonds is 16. The Morgan fingerprint density at radius 3 is 1.35 bits per heavy atom. The molecule has 10 nitrogen and oxygen atoms in total. The van der Waals surface area contributed by atoms with Crippen LogP contribution in [-0.4, -0.2) is 69.7 Å². The van der Waals surface area contributed by atoms with E-state index in [-0.39, 0.29) is 0 Å². The first-order valence-electron chi connectivity index (χ1n) is 17.3. The first kappa shape index (κ1) is 39.6. The first-order valence-corrected chi connectivity index (χ1v) is 18.8. The van der Waals surface area contributed by atoms with Crippen LogP contribution >= 0.6 is 23.5 Å². The lowest BCUT2D eigenvalue weighted by Crippen LogP contribution is -3.09. The van der Waals surface area contributed by atoms with Crippen molar-refractivity contribution in [1.82, 2.24) is 17.5 Å². The molecule has 0 spiro atoms. The summed E-state index contributed by atoms with van der Waals surface area (Å²) in [5.74, 6) is -4.37. The van der Waals surface area contributed by atoms with Crippen molar-refractivity contribution >= 4 is 46.5 Å². The minimum absolute atomic E-state index is 1.11. The molecule has 4 heterocycles. The number of hydrogen-bond donors (Lipinski definition) is 2. The fraction of sp³-hybridized carbons (Fsp3) is 0.706. The molecule has 2 unspecified atom stereocenters. The Balaban J connectivity index is 0.000000273. The lowest BCUT2D eigenvalue weighted by Gasteiger charge is -2.19. The van der Waals surface area contributed by atoms with Crippen LogP contribution in [0.2, 0.25) is 0 Å². The molecule has 0 saturated heterocycles. The summed E-state index contributed by atoms with van der Waals surface area (Å²) in [7, 11) is 4.53. The molecule has 0 radical (unpaired) electrons. The van der Waals surface area contributed by atoms with Crippen molar-refractivity contribution in [3.05, 3.63) is 34.9 Å². The number of aryl methyl sites for hydroxylation is 2. The van der Waals surface area contributed by atoms with Gasteiger partial charge in [0.05, 0.1) is 74.0 Å². The van der Waals surface area contributed by atoms with E-state index in [1.165, 1.54) is 160 Å². The molecule has 0 fully saturated rings. The number of aliphatic carboxylic acids is 2. The lowest BCUT2D eigenvalue weighted by molar-refractivity contribution is -0.872. The first-order chi connectivity index (χ1) is 22.3. The van der Waals surface area contributed by atoms with Gasteiger partial charge in [-0.2, -0.15) is 17.5 Å². The van der Waals surface area contributed by atoms with Crippen LogP contribution in [0, 0.1) is 0 Å². The summed E-state index contributed by atoms with van der Waals surface area (Å²) >= 11 is 2.77. The van der Waals surface area contributed by atoms with Crippen molar-refractivity contribution in [3.8, 4) is 0 Å². The normalized spacial score (nSPS) is 17.6. The van der Waals surface area contributed by atoms with Gasteiger partial charge in [-0.25, -0.2) is 0 Å². The molecule has 46 heavy (non-hydrogen) atoms. The van der Waals surface area contributed by atoms with Gasteiger partial charge in [0, 0.05) is 24.0 Å². The van der Waals surface area contributed by atoms with Gasteiger partial charge in [0.25, 0.3) is 0 Å². The molecule has 0 aromatic carbocycles. The minimum atomic E-state index is -2.19. The largest absolute Gasteiger partial charge is 0.543 e. The standard InChI is InChI=1S/2C16H27N3S.C2H2O4/c2*1-3-4-5-6-7-8-11-15-16(18-20-17-15)14-10-9-12-19(2)13-14;3-1(4)2(5)6/h2*10H,3-9,11-13H2,1-2H3;(H,3,4)(H,5,6). The zero-order valence-corrected chi connectivity index (χ0v) is 30.2. The molecule has 2 N–H and O–H groups in total. The highest BCUT2D eigenvalue weighted by atomic mass is 32.1. The topological polar surface area (TPSA) is 141 Å². The maximum atomic E-state index is 8.93. The third-order valence-corrected chi connectivity index (χ3v) is 9.46. The summed E-state index contributed by atoms with van der Waals surface area (Å²) in [6.45, 7) is 9.24. The quantitative estimate of drug-likeness (QED) is 0.203. The number of nitrogens with zero attached hydrogens (tertiary/aromatic N) is 4. The zero-order valence-electron chi connectivity index (χ0n) is 28.5. The van der Waals surface area contributed by atoms with Gasteiger partial charge in [-0.3, -0.25) is 0 Å². The fourth-order valence-corrected chi connectivity index (χ4v) is 6.94. The van der Waals surface area contributed by atoms with Crippen LogP contribution in [0.4, 0.5) is 0 Å². The molecule has 0 bridgehead atoms. The second-order valence-electron chi connectivity index (χ2n) is 12.5. The van der Waals surface area contributed by atoms with Gasteiger partial charge < -0.3 is 29.6 Å². The maximum absolute atomic E-state index is 8.93. The Hall–Kier alpha value is -2.54. The van der Waals surface area contributed by atoms with Gasteiger partial charge in [-0.1, -0.05) is 90.2 Å². The van der Waals surface area contributed by atoms with Gasteiger partial charge in [-0.05, 0) is 25.7 Å². The summed E-state index contributed by atoms with van der Waals surface area (Å²) in [5, 5.41) is 17.9. The van der Waals surface area contributed by atoms with Gasteiger partial charge in [0.2, 0.25) is 0 Å². The molecular weight excluding hydrogens is 621 g/mol. The second-order valence-corrected chi connectivity index (χ2v) is 13.6.